The van der Waals surface area contributed by atoms with Gasteiger partial charge in [-0.3, -0.25) is 0 Å². The Hall–Kier alpha value is -1.85. The number of nitrogens with two attached hydrogens (primary N) is 1. The SMILES string of the molecule is Cc1ccc(C)c(S(=O)(=O)N2CCc3ccc(N)cc3C2)c1. The molecule has 0 spiro atoms. The van der Waals surface area contributed by atoms with Crippen molar-refractivity contribution in [2.75, 3.05) is 12.3 Å². The third-order valence-electron chi connectivity index (χ3n) is 4.17. The molecule has 1 aliphatic rings. The normalized spacial score (nSPS) is 15.5. The van der Waals surface area contributed by atoms with Gasteiger partial charge in [-0.15, -0.1) is 0 Å². The average molecular weight is 316 g/mol. The van der Waals surface area contributed by atoms with Gasteiger partial charge in [-0.25, -0.2) is 8.42 Å². The van der Waals surface area contributed by atoms with Gasteiger partial charge >= 0.3 is 0 Å². The van der Waals surface area contributed by atoms with Crippen molar-refractivity contribution in [1.29, 1.82) is 0 Å². The first-order valence-electron chi connectivity index (χ1n) is 7.32. The number of benzene rings is 2. The van der Waals surface area contributed by atoms with Crippen LogP contribution in [-0.2, 0) is 23.0 Å². The fourth-order valence-electron chi connectivity index (χ4n) is 2.88. The third kappa shape index (κ3) is 2.62. The first-order valence-corrected chi connectivity index (χ1v) is 8.76. The van der Waals surface area contributed by atoms with Gasteiger partial charge in [0.1, 0.15) is 0 Å². The highest BCUT2D eigenvalue weighted by Gasteiger charge is 2.29. The van der Waals surface area contributed by atoms with Gasteiger partial charge in [0.2, 0.25) is 10.0 Å². The summed E-state index contributed by atoms with van der Waals surface area (Å²) in [5.74, 6) is 0. The molecule has 0 atom stereocenters. The molecule has 116 valence electrons. The number of anilines is 1. The summed E-state index contributed by atoms with van der Waals surface area (Å²) in [7, 11) is -3.48. The van der Waals surface area contributed by atoms with Gasteiger partial charge in [0.25, 0.3) is 0 Å². The van der Waals surface area contributed by atoms with Crippen molar-refractivity contribution in [3.8, 4) is 0 Å². The molecule has 0 saturated carbocycles. The number of hydrogen-bond acceptors (Lipinski definition) is 3. The molecule has 0 radical (unpaired) electrons. The fourth-order valence-corrected chi connectivity index (χ4v) is 4.61. The fraction of sp³-hybridized carbons (Fsp3) is 0.294. The lowest BCUT2D eigenvalue weighted by Gasteiger charge is -2.29. The lowest BCUT2D eigenvalue weighted by molar-refractivity contribution is 0.391. The summed E-state index contributed by atoms with van der Waals surface area (Å²) in [6.07, 6.45) is 0.722. The van der Waals surface area contributed by atoms with E-state index in [1.807, 2.05) is 44.2 Å². The molecule has 1 aliphatic heterocycles. The van der Waals surface area contributed by atoms with E-state index in [1.54, 1.807) is 10.4 Å². The molecule has 3 rings (SSSR count). The molecular weight excluding hydrogens is 296 g/mol. The molecule has 5 heteroatoms. The number of aryl methyl sites for hydroxylation is 2. The van der Waals surface area contributed by atoms with Crippen molar-refractivity contribution in [2.24, 2.45) is 0 Å². The molecule has 2 aromatic carbocycles. The van der Waals surface area contributed by atoms with Crippen LogP contribution in [0.5, 0.6) is 0 Å². The van der Waals surface area contributed by atoms with Crippen LogP contribution in [-0.4, -0.2) is 19.3 Å². The number of sulfonamides is 1. The van der Waals surface area contributed by atoms with Crippen LogP contribution < -0.4 is 5.73 Å². The van der Waals surface area contributed by atoms with E-state index >= 15 is 0 Å². The van der Waals surface area contributed by atoms with Gasteiger partial charge in [-0.2, -0.15) is 4.31 Å². The van der Waals surface area contributed by atoms with Gasteiger partial charge in [0, 0.05) is 18.8 Å². The Morgan fingerprint density at radius 2 is 1.82 bits per heavy atom. The van der Waals surface area contributed by atoms with Crippen LogP contribution in [0, 0.1) is 13.8 Å². The van der Waals surface area contributed by atoms with E-state index in [0.29, 0.717) is 23.7 Å². The summed E-state index contributed by atoms with van der Waals surface area (Å²) >= 11 is 0. The first-order chi connectivity index (χ1) is 10.4. The number of nitrogen functional groups attached to an aromatic ring is 1. The molecule has 0 unspecified atom stereocenters. The van der Waals surface area contributed by atoms with E-state index in [-0.39, 0.29) is 0 Å². The van der Waals surface area contributed by atoms with Crippen LogP contribution in [0.2, 0.25) is 0 Å². The summed E-state index contributed by atoms with van der Waals surface area (Å²) < 4.78 is 27.5. The lowest BCUT2D eigenvalue weighted by atomic mass is 10.0. The van der Waals surface area contributed by atoms with Crippen molar-refractivity contribution in [2.45, 2.75) is 31.7 Å². The zero-order valence-electron chi connectivity index (χ0n) is 12.8. The molecule has 0 fully saturated rings. The van der Waals surface area contributed by atoms with E-state index in [9.17, 15) is 8.42 Å². The maximum atomic E-state index is 12.9. The van der Waals surface area contributed by atoms with Crippen molar-refractivity contribution in [3.63, 3.8) is 0 Å². The van der Waals surface area contributed by atoms with Crippen LogP contribution >= 0.6 is 0 Å². The summed E-state index contributed by atoms with van der Waals surface area (Å²) in [5.41, 5.74) is 10.4. The average Bonchev–Trinajstić information content (AvgIpc) is 2.48. The minimum atomic E-state index is -3.48. The molecule has 22 heavy (non-hydrogen) atoms. The third-order valence-corrected chi connectivity index (χ3v) is 6.16. The standard InChI is InChI=1S/C17H20N2O2S/c1-12-3-4-13(2)17(9-12)22(20,21)19-8-7-14-5-6-16(18)10-15(14)11-19/h3-6,9-10H,7-8,11,18H2,1-2H3. The zero-order chi connectivity index (χ0) is 15.9. The summed E-state index contributed by atoms with van der Waals surface area (Å²) in [4.78, 5) is 0.403. The van der Waals surface area contributed by atoms with E-state index < -0.39 is 10.0 Å². The zero-order valence-corrected chi connectivity index (χ0v) is 13.7. The Morgan fingerprint density at radius 1 is 1.05 bits per heavy atom. The van der Waals surface area contributed by atoms with Gasteiger partial charge in [-0.05, 0) is 60.7 Å². The Labute approximate surface area is 131 Å². The Morgan fingerprint density at radius 3 is 2.59 bits per heavy atom. The number of hydrogen-bond donors (Lipinski definition) is 1. The molecule has 4 nitrogen and oxygen atoms in total. The Bertz CT molecular complexity index is 829. The van der Waals surface area contributed by atoms with Crippen LogP contribution in [0.1, 0.15) is 22.3 Å². The van der Waals surface area contributed by atoms with E-state index in [4.69, 9.17) is 5.73 Å². The minimum Gasteiger partial charge on any atom is -0.399 e. The molecule has 0 aliphatic carbocycles. The van der Waals surface area contributed by atoms with Gasteiger partial charge in [0.15, 0.2) is 0 Å². The highest BCUT2D eigenvalue weighted by atomic mass is 32.2. The largest absolute Gasteiger partial charge is 0.399 e. The molecule has 0 bridgehead atoms. The first kappa shape index (κ1) is 15.1. The van der Waals surface area contributed by atoms with Crippen LogP contribution in [0.15, 0.2) is 41.3 Å². The van der Waals surface area contributed by atoms with Crippen LogP contribution in [0.3, 0.4) is 0 Å². The second kappa shape index (κ2) is 5.41. The van der Waals surface area contributed by atoms with Gasteiger partial charge < -0.3 is 5.73 Å². The Balaban J connectivity index is 1.99. The second-order valence-corrected chi connectivity index (χ2v) is 7.79. The molecule has 2 N–H and O–H groups in total. The predicted molar refractivity (Wildman–Crippen MR) is 88.1 cm³/mol. The predicted octanol–water partition coefficient (Wildman–Crippen LogP) is 2.63. The quantitative estimate of drug-likeness (QED) is 0.866. The maximum Gasteiger partial charge on any atom is 0.243 e. The highest BCUT2D eigenvalue weighted by Crippen LogP contribution is 2.28. The molecule has 0 saturated heterocycles. The molecule has 1 heterocycles. The minimum absolute atomic E-state index is 0.385. The van der Waals surface area contributed by atoms with Crippen LogP contribution in [0.25, 0.3) is 0 Å². The smallest absolute Gasteiger partial charge is 0.243 e. The van der Waals surface area contributed by atoms with Crippen LogP contribution in [0.4, 0.5) is 5.69 Å². The number of nitrogens with zero attached hydrogens (tertiary/aromatic N) is 1. The van der Waals surface area contributed by atoms with E-state index in [1.165, 1.54) is 5.56 Å². The number of fused-ring (bicyclic) bond motifs is 1. The van der Waals surface area contributed by atoms with Crippen molar-refractivity contribution in [3.05, 3.63) is 58.7 Å². The van der Waals surface area contributed by atoms with Gasteiger partial charge in [0.05, 0.1) is 4.90 Å². The Kier molecular flexibility index (Phi) is 3.70. The lowest BCUT2D eigenvalue weighted by Crippen LogP contribution is -2.36. The van der Waals surface area contributed by atoms with Crippen molar-refractivity contribution >= 4 is 15.7 Å². The monoisotopic (exact) mass is 316 g/mol. The highest BCUT2D eigenvalue weighted by molar-refractivity contribution is 7.89. The molecule has 0 amide bonds. The van der Waals surface area contributed by atoms with E-state index in [0.717, 1.165) is 23.1 Å². The topological polar surface area (TPSA) is 63.4 Å². The molecule has 0 aromatic heterocycles. The van der Waals surface area contributed by atoms with Crippen molar-refractivity contribution < 1.29 is 8.42 Å². The second-order valence-electron chi connectivity index (χ2n) is 5.89. The van der Waals surface area contributed by atoms with E-state index in [2.05, 4.69) is 0 Å². The molecule has 2 aromatic rings. The van der Waals surface area contributed by atoms with Crippen molar-refractivity contribution in [1.82, 2.24) is 4.31 Å². The van der Waals surface area contributed by atoms with Gasteiger partial charge in [-0.1, -0.05) is 18.2 Å². The summed E-state index contributed by atoms with van der Waals surface area (Å²) in [6.45, 7) is 4.63. The summed E-state index contributed by atoms with van der Waals surface area (Å²) in [6, 6.07) is 11.3. The summed E-state index contributed by atoms with van der Waals surface area (Å²) in [5, 5.41) is 0. The number of rotatable bonds is 2. The maximum absolute atomic E-state index is 12.9. The molecular formula is C17H20N2O2S.